The van der Waals surface area contributed by atoms with Crippen molar-refractivity contribution in [1.82, 2.24) is 4.98 Å². The average Bonchev–Trinajstić information content (AvgIpc) is 2.72. The van der Waals surface area contributed by atoms with Gasteiger partial charge in [-0.25, -0.2) is 4.98 Å². The highest BCUT2D eigenvalue weighted by Crippen LogP contribution is 2.40. The fourth-order valence-electron chi connectivity index (χ4n) is 1.44. The van der Waals surface area contributed by atoms with E-state index < -0.39 is 23.2 Å². The molecule has 0 radical (unpaired) electrons. The summed E-state index contributed by atoms with van der Waals surface area (Å²) in [7, 11) is 0. The second kappa shape index (κ2) is 5.08. The Bertz CT molecular complexity index is 628. The van der Waals surface area contributed by atoms with Crippen LogP contribution in [-0.2, 0) is 6.18 Å². The summed E-state index contributed by atoms with van der Waals surface area (Å²) < 4.78 is 37.9. The molecule has 0 fully saturated rings. The van der Waals surface area contributed by atoms with E-state index in [4.69, 9.17) is 0 Å². The van der Waals surface area contributed by atoms with E-state index in [9.17, 15) is 23.4 Å². The molecule has 0 saturated carbocycles. The van der Waals surface area contributed by atoms with Crippen molar-refractivity contribution in [3.8, 4) is 11.5 Å². The monoisotopic (exact) mass is 305 g/mol. The third kappa shape index (κ3) is 3.05. The van der Waals surface area contributed by atoms with Crippen molar-refractivity contribution < 1.29 is 23.4 Å². The van der Waals surface area contributed by atoms with E-state index in [0.717, 1.165) is 4.88 Å². The van der Waals surface area contributed by atoms with Gasteiger partial charge < -0.3 is 10.2 Å². The molecule has 0 amide bonds. The summed E-state index contributed by atoms with van der Waals surface area (Å²) in [6.45, 7) is 1.82. The Morgan fingerprint density at radius 1 is 1.15 bits per heavy atom. The van der Waals surface area contributed by atoms with E-state index in [2.05, 4.69) is 15.8 Å². The molecule has 4 N–H and O–H groups in total. The van der Waals surface area contributed by atoms with Gasteiger partial charge in [0.15, 0.2) is 0 Å². The topological polar surface area (TPSA) is 77.4 Å². The number of aryl methyl sites for hydroxylation is 1. The van der Waals surface area contributed by atoms with E-state index in [1.54, 1.807) is 6.20 Å². The molecule has 1 aromatic carbocycles. The number of aromatic hydroxyl groups is 2. The predicted molar refractivity (Wildman–Crippen MR) is 68.9 cm³/mol. The Morgan fingerprint density at radius 3 is 2.40 bits per heavy atom. The van der Waals surface area contributed by atoms with Gasteiger partial charge in [-0.05, 0) is 13.0 Å². The molecule has 2 rings (SSSR count). The average molecular weight is 305 g/mol. The molecule has 2 aromatic rings. The molecule has 0 spiro atoms. The van der Waals surface area contributed by atoms with Crippen LogP contribution in [0.2, 0.25) is 0 Å². The molecule has 5 nitrogen and oxygen atoms in total. The number of phenolic OH excluding ortho intramolecular Hbond substituents is 2. The van der Waals surface area contributed by atoms with Crippen molar-refractivity contribution in [2.24, 2.45) is 0 Å². The van der Waals surface area contributed by atoms with Gasteiger partial charge >= 0.3 is 6.18 Å². The Balaban J connectivity index is 2.23. The van der Waals surface area contributed by atoms with Crippen molar-refractivity contribution >= 4 is 22.2 Å². The fraction of sp³-hybridized carbons (Fsp3) is 0.182. The van der Waals surface area contributed by atoms with Crippen molar-refractivity contribution in [2.75, 3.05) is 10.9 Å². The molecule has 20 heavy (non-hydrogen) atoms. The number of alkyl halides is 3. The quantitative estimate of drug-likeness (QED) is 0.397. The van der Waals surface area contributed by atoms with E-state index in [1.165, 1.54) is 11.3 Å². The van der Waals surface area contributed by atoms with Gasteiger partial charge in [-0.3, -0.25) is 10.9 Å². The Kier molecular flexibility index (Phi) is 3.62. The van der Waals surface area contributed by atoms with Crippen LogP contribution < -0.4 is 10.9 Å². The van der Waals surface area contributed by atoms with Crippen LogP contribution in [0.4, 0.5) is 24.0 Å². The molecular formula is C11H10F3N3O2S. The number of aromatic nitrogens is 1. The molecule has 0 unspecified atom stereocenters. The first kappa shape index (κ1) is 14.3. The lowest BCUT2D eigenvalue weighted by Crippen LogP contribution is -2.11. The van der Waals surface area contributed by atoms with Crippen molar-refractivity contribution in [3.05, 3.63) is 28.8 Å². The highest BCUT2D eigenvalue weighted by molar-refractivity contribution is 7.15. The highest BCUT2D eigenvalue weighted by atomic mass is 32.1. The van der Waals surface area contributed by atoms with Gasteiger partial charge in [0.2, 0.25) is 5.13 Å². The molecule has 1 aromatic heterocycles. The van der Waals surface area contributed by atoms with Crippen LogP contribution in [0.15, 0.2) is 18.3 Å². The second-order valence-electron chi connectivity index (χ2n) is 3.91. The minimum atomic E-state index is -4.72. The summed E-state index contributed by atoms with van der Waals surface area (Å²) in [6, 6.07) is 1.23. The summed E-state index contributed by atoms with van der Waals surface area (Å²) in [5.74, 6) is -1.55. The van der Waals surface area contributed by atoms with Crippen molar-refractivity contribution in [2.45, 2.75) is 13.1 Å². The largest absolute Gasteiger partial charge is 0.507 e. The van der Waals surface area contributed by atoms with Gasteiger partial charge in [-0.2, -0.15) is 13.2 Å². The Morgan fingerprint density at radius 2 is 1.85 bits per heavy atom. The van der Waals surface area contributed by atoms with Crippen LogP contribution >= 0.6 is 11.3 Å². The molecule has 9 heteroatoms. The normalized spacial score (nSPS) is 11.4. The molecule has 0 atom stereocenters. The molecule has 0 aliphatic heterocycles. The molecule has 0 saturated heterocycles. The zero-order chi connectivity index (χ0) is 14.9. The van der Waals surface area contributed by atoms with Crippen LogP contribution in [0.3, 0.4) is 0 Å². The number of hydrogen-bond donors (Lipinski definition) is 4. The van der Waals surface area contributed by atoms with Crippen LogP contribution in [0.5, 0.6) is 11.5 Å². The molecule has 0 bridgehead atoms. The maximum atomic E-state index is 12.6. The summed E-state index contributed by atoms with van der Waals surface area (Å²) in [5.41, 5.74) is 3.53. The number of rotatable bonds is 3. The summed E-state index contributed by atoms with van der Waals surface area (Å²) in [6.07, 6.45) is -3.13. The van der Waals surface area contributed by atoms with Gasteiger partial charge in [0.1, 0.15) is 11.5 Å². The third-order valence-corrected chi connectivity index (χ3v) is 3.17. The molecule has 0 aliphatic rings. The minimum Gasteiger partial charge on any atom is -0.507 e. The number of halogens is 3. The van der Waals surface area contributed by atoms with Gasteiger partial charge in [0.25, 0.3) is 0 Å². The molecule has 108 valence electrons. The van der Waals surface area contributed by atoms with E-state index in [1.807, 2.05) is 6.92 Å². The Labute approximate surface area is 115 Å². The van der Waals surface area contributed by atoms with Gasteiger partial charge in [0, 0.05) is 17.1 Å². The lowest BCUT2D eigenvalue weighted by Gasteiger charge is -2.14. The van der Waals surface area contributed by atoms with Crippen LogP contribution in [0.1, 0.15) is 10.4 Å². The summed E-state index contributed by atoms with van der Waals surface area (Å²) in [4.78, 5) is 4.86. The number of phenols is 2. The second-order valence-corrected chi connectivity index (χ2v) is 5.15. The number of nitrogens with one attached hydrogen (secondary N) is 2. The molecule has 0 aliphatic carbocycles. The molecule has 1 heterocycles. The first-order valence-electron chi connectivity index (χ1n) is 5.35. The maximum absolute atomic E-state index is 12.6. The Hall–Kier alpha value is -2.16. The number of anilines is 2. The zero-order valence-electron chi connectivity index (χ0n) is 10.1. The number of benzene rings is 1. The predicted octanol–water partition coefficient (Wildman–Crippen LogP) is 3.32. The lowest BCUT2D eigenvalue weighted by atomic mass is 10.1. The van der Waals surface area contributed by atoms with Crippen LogP contribution in [0, 0.1) is 6.92 Å². The smallest absolute Gasteiger partial charge is 0.420 e. The number of nitrogens with zero attached hydrogens (tertiary/aromatic N) is 1. The van der Waals surface area contributed by atoms with Crippen LogP contribution in [0.25, 0.3) is 0 Å². The fourth-order valence-corrected chi connectivity index (χ4v) is 2.06. The minimum absolute atomic E-state index is 0.219. The standard InChI is InChI=1S/C11H10F3N3O2S/c1-5-4-15-10(20-5)17-16-7-2-6(11(12,13)14)8(18)3-9(7)19/h2-4,16,18-19H,1H3,(H,15,17). The van der Waals surface area contributed by atoms with Crippen molar-refractivity contribution in [1.29, 1.82) is 0 Å². The third-order valence-electron chi connectivity index (χ3n) is 2.34. The first-order valence-corrected chi connectivity index (χ1v) is 6.16. The van der Waals surface area contributed by atoms with E-state index >= 15 is 0 Å². The molecular weight excluding hydrogens is 295 g/mol. The number of thiazole rings is 1. The number of hydrazine groups is 1. The lowest BCUT2D eigenvalue weighted by molar-refractivity contribution is -0.138. The summed E-state index contributed by atoms with van der Waals surface area (Å²) in [5, 5.41) is 19.2. The zero-order valence-corrected chi connectivity index (χ0v) is 10.9. The first-order chi connectivity index (χ1) is 9.27. The van der Waals surface area contributed by atoms with Crippen LogP contribution in [-0.4, -0.2) is 15.2 Å². The van der Waals surface area contributed by atoms with E-state index in [-0.39, 0.29) is 5.69 Å². The van der Waals surface area contributed by atoms with E-state index in [0.29, 0.717) is 17.3 Å². The van der Waals surface area contributed by atoms with Gasteiger partial charge in [0.05, 0.1) is 11.3 Å². The number of hydrogen-bond acceptors (Lipinski definition) is 6. The van der Waals surface area contributed by atoms with Gasteiger partial charge in [-0.1, -0.05) is 0 Å². The maximum Gasteiger partial charge on any atom is 0.420 e. The van der Waals surface area contributed by atoms with Gasteiger partial charge in [-0.15, -0.1) is 11.3 Å². The highest BCUT2D eigenvalue weighted by Gasteiger charge is 2.34. The summed E-state index contributed by atoms with van der Waals surface area (Å²) >= 11 is 1.29. The van der Waals surface area contributed by atoms with Crippen molar-refractivity contribution in [3.63, 3.8) is 0 Å². The SMILES string of the molecule is Cc1cnc(NNc2cc(C(F)(F)F)c(O)cc2O)s1.